The molecule has 0 aliphatic carbocycles. The molecule has 0 spiro atoms. The first-order valence-corrected chi connectivity index (χ1v) is 8.55. The second-order valence-corrected chi connectivity index (χ2v) is 6.61. The van der Waals surface area contributed by atoms with Crippen LogP contribution in [0.1, 0.15) is 43.5 Å². The fourth-order valence-corrected chi connectivity index (χ4v) is 2.79. The molecule has 0 saturated carbocycles. The number of carbonyl (C=O) groups excluding carboxylic acids is 1. The van der Waals surface area contributed by atoms with Crippen molar-refractivity contribution in [2.24, 2.45) is 5.92 Å². The Kier molecular flexibility index (Phi) is 6.57. The van der Waals surface area contributed by atoms with Crippen LogP contribution in [0.25, 0.3) is 0 Å². The molecular formula is C20H20F5NO. The van der Waals surface area contributed by atoms with Crippen LogP contribution < -0.4 is 5.32 Å². The summed E-state index contributed by atoms with van der Waals surface area (Å²) in [6.45, 7) is 5.69. The molecule has 146 valence electrons. The molecule has 2 aromatic carbocycles. The number of rotatable bonds is 6. The molecule has 2 nitrogen and oxygen atoms in total. The quantitative estimate of drug-likeness (QED) is 0.423. The third-order valence-corrected chi connectivity index (χ3v) is 4.37. The summed E-state index contributed by atoms with van der Waals surface area (Å²) >= 11 is 0. The monoisotopic (exact) mass is 385 g/mol. The predicted molar refractivity (Wildman–Crippen MR) is 91.5 cm³/mol. The van der Waals surface area contributed by atoms with Crippen LogP contribution in [0.2, 0.25) is 0 Å². The van der Waals surface area contributed by atoms with Crippen molar-refractivity contribution in [2.45, 2.75) is 39.7 Å². The van der Waals surface area contributed by atoms with Crippen LogP contribution in [0.5, 0.6) is 0 Å². The molecule has 1 unspecified atom stereocenters. The van der Waals surface area contributed by atoms with Crippen molar-refractivity contribution in [1.29, 1.82) is 0 Å². The first-order chi connectivity index (χ1) is 12.7. The third kappa shape index (κ3) is 4.46. The topological polar surface area (TPSA) is 29.1 Å². The molecule has 0 radical (unpaired) electrons. The Hall–Kier alpha value is -2.44. The normalized spacial score (nSPS) is 12.3. The number of halogens is 5. The van der Waals surface area contributed by atoms with Gasteiger partial charge in [-0.15, -0.1) is 0 Å². The van der Waals surface area contributed by atoms with Gasteiger partial charge in [-0.3, -0.25) is 4.79 Å². The lowest BCUT2D eigenvalue weighted by atomic mass is 9.94. The highest BCUT2D eigenvalue weighted by atomic mass is 19.2. The Bertz CT molecular complexity index is 804. The molecule has 0 heterocycles. The molecule has 0 fully saturated rings. The Morgan fingerprint density at radius 2 is 1.37 bits per heavy atom. The third-order valence-electron chi connectivity index (χ3n) is 4.37. The highest BCUT2D eigenvalue weighted by Gasteiger charge is 2.28. The average molecular weight is 385 g/mol. The zero-order chi connectivity index (χ0) is 20.3. The summed E-state index contributed by atoms with van der Waals surface area (Å²) in [4.78, 5) is 12.3. The maximum atomic E-state index is 13.8. The minimum Gasteiger partial charge on any atom is -0.349 e. The van der Waals surface area contributed by atoms with Crippen LogP contribution in [0.15, 0.2) is 24.3 Å². The summed E-state index contributed by atoms with van der Waals surface area (Å²) in [6, 6.07) is 7.01. The Morgan fingerprint density at radius 1 is 0.889 bits per heavy atom. The number of amides is 1. The molecule has 0 aromatic heterocycles. The van der Waals surface area contributed by atoms with E-state index in [2.05, 4.69) is 5.32 Å². The lowest BCUT2D eigenvalue weighted by molar-refractivity contribution is -0.121. The number of carbonyl (C=O) groups is 1. The van der Waals surface area contributed by atoms with Crippen LogP contribution in [-0.2, 0) is 17.6 Å². The molecule has 1 amide bonds. The van der Waals surface area contributed by atoms with Crippen LogP contribution in [0, 0.1) is 35.0 Å². The number of aryl methyl sites for hydroxylation is 1. The highest BCUT2D eigenvalue weighted by molar-refractivity contribution is 5.79. The van der Waals surface area contributed by atoms with Crippen LogP contribution in [0.3, 0.4) is 0 Å². The van der Waals surface area contributed by atoms with Crippen molar-refractivity contribution in [2.75, 3.05) is 0 Å². The lowest BCUT2D eigenvalue weighted by Crippen LogP contribution is -2.33. The highest BCUT2D eigenvalue weighted by Crippen LogP contribution is 2.25. The van der Waals surface area contributed by atoms with E-state index in [0.29, 0.717) is 0 Å². The average Bonchev–Trinajstić information content (AvgIpc) is 2.66. The molecular weight excluding hydrogens is 365 g/mol. The van der Waals surface area contributed by atoms with Gasteiger partial charge in [0.2, 0.25) is 11.7 Å². The van der Waals surface area contributed by atoms with E-state index in [1.54, 1.807) is 0 Å². The maximum absolute atomic E-state index is 13.8. The van der Waals surface area contributed by atoms with E-state index >= 15 is 0 Å². The second-order valence-electron chi connectivity index (χ2n) is 6.61. The smallest absolute Gasteiger partial charge is 0.225 e. The van der Waals surface area contributed by atoms with E-state index in [1.807, 2.05) is 45.0 Å². The fraction of sp³-hybridized carbons (Fsp3) is 0.350. The Balaban J connectivity index is 2.24. The minimum absolute atomic E-state index is 0.0576. The lowest BCUT2D eigenvalue weighted by Gasteiger charge is -2.23. The van der Waals surface area contributed by atoms with E-state index in [9.17, 15) is 26.7 Å². The molecule has 7 heteroatoms. The fourth-order valence-electron chi connectivity index (χ4n) is 2.79. The van der Waals surface area contributed by atoms with Crippen molar-refractivity contribution in [1.82, 2.24) is 5.32 Å². The van der Waals surface area contributed by atoms with E-state index in [-0.39, 0.29) is 5.92 Å². The van der Waals surface area contributed by atoms with Gasteiger partial charge in [0.15, 0.2) is 23.3 Å². The van der Waals surface area contributed by atoms with Gasteiger partial charge < -0.3 is 5.32 Å². The number of nitrogens with one attached hydrogen (secondary N) is 1. The van der Waals surface area contributed by atoms with Gasteiger partial charge in [-0.25, -0.2) is 22.0 Å². The van der Waals surface area contributed by atoms with Crippen molar-refractivity contribution in [3.63, 3.8) is 0 Å². The Morgan fingerprint density at radius 3 is 1.81 bits per heavy atom. The largest absolute Gasteiger partial charge is 0.349 e. The van der Waals surface area contributed by atoms with Crippen molar-refractivity contribution in [3.05, 3.63) is 70.0 Å². The summed E-state index contributed by atoms with van der Waals surface area (Å²) in [5.41, 5.74) is 0.745. The number of hydrogen-bond acceptors (Lipinski definition) is 1. The molecule has 0 aliphatic rings. The number of hydrogen-bond donors (Lipinski definition) is 1. The van der Waals surface area contributed by atoms with Gasteiger partial charge in [-0.2, -0.15) is 0 Å². The molecule has 1 N–H and O–H groups in total. The van der Waals surface area contributed by atoms with Crippen LogP contribution in [0.4, 0.5) is 22.0 Å². The van der Waals surface area contributed by atoms with Gasteiger partial charge in [0.05, 0.1) is 12.5 Å². The van der Waals surface area contributed by atoms with Crippen molar-refractivity contribution < 1.29 is 26.7 Å². The van der Waals surface area contributed by atoms with Gasteiger partial charge in [0.25, 0.3) is 0 Å². The summed E-state index contributed by atoms with van der Waals surface area (Å²) in [6.07, 6.45) is -0.110. The second kappa shape index (κ2) is 8.50. The van der Waals surface area contributed by atoms with E-state index in [0.717, 1.165) is 17.5 Å². The van der Waals surface area contributed by atoms with Gasteiger partial charge in [0, 0.05) is 5.56 Å². The van der Waals surface area contributed by atoms with Gasteiger partial charge in [-0.05, 0) is 23.5 Å². The molecule has 2 aromatic rings. The summed E-state index contributed by atoms with van der Waals surface area (Å²) in [5.74, 6) is -11.2. The standard InChI is InChI=1S/C20H20F5NO/c1-4-11-5-7-12(8-6-11)20(10(2)3)26-14(27)9-13-15(21)17(23)19(25)18(24)16(13)22/h5-8,10,20H,4,9H2,1-3H3,(H,26,27). The van der Waals surface area contributed by atoms with E-state index in [4.69, 9.17) is 0 Å². The minimum atomic E-state index is -2.25. The maximum Gasteiger partial charge on any atom is 0.225 e. The molecule has 2 rings (SSSR count). The summed E-state index contributed by atoms with van der Waals surface area (Å²) in [5, 5.41) is 2.62. The first-order valence-electron chi connectivity index (χ1n) is 8.55. The SMILES string of the molecule is CCc1ccc(C(NC(=O)Cc2c(F)c(F)c(F)c(F)c2F)C(C)C)cc1. The molecule has 0 bridgehead atoms. The molecule has 27 heavy (non-hydrogen) atoms. The van der Waals surface area contributed by atoms with Gasteiger partial charge >= 0.3 is 0 Å². The van der Waals surface area contributed by atoms with Crippen molar-refractivity contribution >= 4 is 5.91 Å². The predicted octanol–water partition coefficient (Wildman–Crippen LogP) is 5.00. The van der Waals surface area contributed by atoms with Crippen LogP contribution >= 0.6 is 0 Å². The molecule has 0 saturated heterocycles. The summed E-state index contributed by atoms with van der Waals surface area (Å²) in [7, 11) is 0. The van der Waals surface area contributed by atoms with Gasteiger partial charge in [-0.1, -0.05) is 45.0 Å². The van der Waals surface area contributed by atoms with E-state index in [1.165, 1.54) is 0 Å². The van der Waals surface area contributed by atoms with Crippen LogP contribution in [-0.4, -0.2) is 5.91 Å². The van der Waals surface area contributed by atoms with Gasteiger partial charge in [0.1, 0.15) is 0 Å². The van der Waals surface area contributed by atoms with Crippen molar-refractivity contribution in [3.8, 4) is 0 Å². The molecule has 0 aliphatic heterocycles. The Labute approximate surface area is 154 Å². The zero-order valence-electron chi connectivity index (χ0n) is 15.2. The first kappa shape index (κ1) is 20.9. The summed E-state index contributed by atoms with van der Waals surface area (Å²) < 4.78 is 67.2. The molecule has 1 atom stereocenters. The van der Waals surface area contributed by atoms with E-state index < -0.39 is 53.0 Å². The number of benzene rings is 2. The zero-order valence-corrected chi connectivity index (χ0v) is 15.2.